The van der Waals surface area contributed by atoms with Crippen molar-refractivity contribution in [1.82, 2.24) is 15.5 Å². The van der Waals surface area contributed by atoms with Gasteiger partial charge in [0.15, 0.2) is 0 Å². The lowest BCUT2D eigenvalue weighted by Crippen LogP contribution is -2.26. The van der Waals surface area contributed by atoms with Crippen molar-refractivity contribution in [2.75, 3.05) is 18.8 Å². The first-order valence-electron chi connectivity index (χ1n) is 7.14. The number of thioether (sulfide) groups is 1. The summed E-state index contributed by atoms with van der Waals surface area (Å²) in [6, 6.07) is 8.36. The molecule has 2 aromatic rings. The summed E-state index contributed by atoms with van der Waals surface area (Å²) < 4.78 is 5.44. The molecule has 1 N–H and O–H groups in total. The Morgan fingerprint density at radius 2 is 2.00 bits per heavy atom. The number of hydrogen-bond acceptors (Lipinski definition) is 5. The van der Waals surface area contributed by atoms with Crippen LogP contribution in [0.1, 0.15) is 31.6 Å². The van der Waals surface area contributed by atoms with Crippen LogP contribution in [0.25, 0.3) is 11.4 Å². The molecule has 0 aliphatic carbocycles. The summed E-state index contributed by atoms with van der Waals surface area (Å²) in [6.07, 6.45) is 2.15. The highest BCUT2D eigenvalue weighted by Crippen LogP contribution is 2.27. The van der Waals surface area contributed by atoms with Crippen molar-refractivity contribution in [3.8, 4) is 11.4 Å². The van der Waals surface area contributed by atoms with Crippen LogP contribution in [0.3, 0.4) is 0 Å². The molecule has 3 rings (SSSR count). The third-order valence-electron chi connectivity index (χ3n) is 3.55. The largest absolute Gasteiger partial charge is 0.339 e. The summed E-state index contributed by atoms with van der Waals surface area (Å²) >= 11 is 1.84. The molecule has 0 amide bonds. The second kappa shape index (κ2) is 6.41. The molecule has 0 bridgehead atoms. The standard InChI is InChI=1S/C15H19N3OS/c1-2-20-13-5-3-11(4-6-13)14-17-15(19-18-14)12-7-9-16-10-8-12/h3-6,12,16H,2,7-10H2,1H3. The highest BCUT2D eigenvalue weighted by Gasteiger charge is 2.21. The van der Waals surface area contributed by atoms with Gasteiger partial charge in [0.25, 0.3) is 0 Å². The van der Waals surface area contributed by atoms with Gasteiger partial charge in [0, 0.05) is 16.4 Å². The molecular formula is C15H19N3OS. The fraction of sp³-hybridized carbons (Fsp3) is 0.467. The molecule has 1 saturated heterocycles. The van der Waals surface area contributed by atoms with E-state index in [-0.39, 0.29) is 0 Å². The third-order valence-corrected chi connectivity index (χ3v) is 4.45. The smallest absolute Gasteiger partial charge is 0.230 e. The summed E-state index contributed by atoms with van der Waals surface area (Å²) in [5.74, 6) is 2.98. The molecule has 5 heteroatoms. The SMILES string of the molecule is CCSc1ccc(-c2noc(C3CCNCC3)n2)cc1. The van der Waals surface area contributed by atoms with E-state index in [2.05, 4.69) is 46.6 Å². The van der Waals surface area contributed by atoms with E-state index in [1.165, 1.54) is 4.90 Å². The van der Waals surface area contributed by atoms with Crippen LogP contribution in [-0.2, 0) is 0 Å². The van der Waals surface area contributed by atoms with Gasteiger partial charge in [-0.1, -0.05) is 12.1 Å². The highest BCUT2D eigenvalue weighted by molar-refractivity contribution is 7.99. The molecule has 20 heavy (non-hydrogen) atoms. The number of aromatic nitrogens is 2. The molecule has 106 valence electrons. The number of nitrogens with one attached hydrogen (secondary N) is 1. The summed E-state index contributed by atoms with van der Waals surface area (Å²) in [5.41, 5.74) is 1.02. The van der Waals surface area contributed by atoms with Gasteiger partial charge >= 0.3 is 0 Å². The van der Waals surface area contributed by atoms with E-state index < -0.39 is 0 Å². The van der Waals surface area contributed by atoms with Gasteiger partial charge in [-0.2, -0.15) is 4.98 Å². The minimum Gasteiger partial charge on any atom is -0.339 e. The highest BCUT2D eigenvalue weighted by atomic mass is 32.2. The maximum atomic E-state index is 5.44. The Hall–Kier alpha value is -1.33. The lowest BCUT2D eigenvalue weighted by atomic mass is 9.98. The van der Waals surface area contributed by atoms with Gasteiger partial charge in [-0.05, 0) is 55.9 Å². The van der Waals surface area contributed by atoms with Crippen LogP contribution >= 0.6 is 11.8 Å². The average Bonchev–Trinajstić information content (AvgIpc) is 2.99. The summed E-state index contributed by atoms with van der Waals surface area (Å²) in [4.78, 5) is 5.84. The van der Waals surface area contributed by atoms with Crippen molar-refractivity contribution in [2.24, 2.45) is 0 Å². The minimum absolute atomic E-state index is 0.410. The molecule has 0 unspecified atom stereocenters. The summed E-state index contributed by atoms with van der Waals surface area (Å²) in [5, 5.41) is 7.47. The summed E-state index contributed by atoms with van der Waals surface area (Å²) in [7, 11) is 0. The number of benzene rings is 1. The maximum absolute atomic E-state index is 5.44. The summed E-state index contributed by atoms with van der Waals surface area (Å²) in [6.45, 7) is 4.22. The van der Waals surface area contributed by atoms with Crippen molar-refractivity contribution in [3.63, 3.8) is 0 Å². The van der Waals surface area contributed by atoms with Crippen LogP contribution < -0.4 is 5.32 Å². The van der Waals surface area contributed by atoms with Gasteiger partial charge in [0.2, 0.25) is 11.7 Å². The maximum Gasteiger partial charge on any atom is 0.230 e. The number of nitrogens with zero attached hydrogens (tertiary/aromatic N) is 2. The van der Waals surface area contributed by atoms with Crippen molar-refractivity contribution in [1.29, 1.82) is 0 Å². The van der Waals surface area contributed by atoms with Gasteiger partial charge in [-0.3, -0.25) is 0 Å². The lowest BCUT2D eigenvalue weighted by Gasteiger charge is -2.18. The fourth-order valence-electron chi connectivity index (χ4n) is 2.45. The van der Waals surface area contributed by atoms with Gasteiger partial charge < -0.3 is 9.84 Å². The van der Waals surface area contributed by atoms with Crippen LogP contribution in [0.2, 0.25) is 0 Å². The Balaban J connectivity index is 1.75. The normalized spacial score (nSPS) is 16.4. The van der Waals surface area contributed by atoms with Crippen LogP contribution in [-0.4, -0.2) is 29.0 Å². The first-order valence-corrected chi connectivity index (χ1v) is 8.13. The van der Waals surface area contributed by atoms with E-state index in [1.54, 1.807) is 0 Å². The van der Waals surface area contributed by atoms with Crippen LogP contribution in [0.5, 0.6) is 0 Å². The molecule has 0 spiro atoms. The molecular weight excluding hydrogens is 270 g/mol. The predicted octanol–water partition coefficient (Wildman–Crippen LogP) is 3.32. The van der Waals surface area contributed by atoms with E-state index in [4.69, 9.17) is 4.52 Å². The average molecular weight is 289 g/mol. The molecule has 1 aliphatic heterocycles. The van der Waals surface area contributed by atoms with Crippen molar-refractivity contribution in [2.45, 2.75) is 30.6 Å². The molecule has 2 heterocycles. The second-order valence-corrected chi connectivity index (χ2v) is 6.28. The van der Waals surface area contributed by atoms with Crippen LogP contribution in [0, 0.1) is 0 Å². The third kappa shape index (κ3) is 3.04. The molecule has 1 fully saturated rings. The van der Waals surface area contributed by atoms with E-state index in [9.17, 15) is 0 Å². The predicted molar refractivity (Wildman–Crippen MR) is 81.0 cm³/mol. The van der Waals surface area contributed by atoms with E-state index in [0.29, 0.717) is 11.7 Å². The Kier molecular flexibility index (Phi) is 4.38. The van der Waals surface area contributed by atoms with Crippen LogP contribution in [0.4, 0.5) is 0 Å². The first-order chi connectivity index (χ1) is 9.86. The Morgan fingerprint density at radius 1 is 1.25 bits per heavy atom. The number of piperidine rings is 1. The van der Waals surface area contributed by atoms with Crippen molar-refractivity contribution >= 4 is 11.8 Å². The van der Waals surface area contributed by atoms with E-state index in [1.807, 2.05) is 11.8 Å². The molecule has 1 aromatic heterocycles. The lowest BCUT2D eigenvalue weighted by molar-refractivity contribution is 0.320. The van der Waals surface area contributed by atoms with E-state index in [0.717, 1.165) is 43.1 Å². The fourth-order valence-corrected chi connectivity index (χ4v) is 3.12. The topological polar surface area (TPSA) is 51.0 Å². The zero-order valence-electron chi connectivity index (χ0n) is 11.6. The molecule has 1 aliphatic rings. The second-order valence-electron chi connectivity index (χ2n) is 4.94. The van der Waals surface area contributed by atoms with Gasteiger partial charge in [-0.15, -0.1) is 11.8 Å². The molecule has 0 radical (unpaired) electrons. The zero-order valence-corrected chi connectivity index (χ0v) is 12.4. The number of rotatable bonds is 4. The molecule has 0 saturated carbocycles. The molecule has 0 atom stereocenters. The van der Waals surface area contributed by atoms with Gasteiger partial charge in [0.1, 0.15) is 0 Å². The van der Waals surface area contributed by atoms with E-state index >= 15 is 0 Å². The van der Waals surface area contributed by atoms with Gasteiger partial charge in [-0.25, -0.2) is 0 Å². The Labute approximate surface area is 123 Å². The van der Waals surface area contributed by atoms with Crippen molar-refractivity contribution in [3.05, 3.63) is 30.2 Å². The molecule has 1 aromatic carbocycles. The molecule has 4 nitrogen and oxygen atoms in total. The quantitative estimate of drug-likeness (QED) is 0.875. The Bertz CT molecular complexity index is 547. The van der Waals surface area contributed by atoms with Crippen molar-refractivity contribution < 1.29 is 4.52 Å². The monoisotopic (exact) mass is 289 g/mol. The minimum atomic E-state index is 0.410. The number of hydrogen-bond donors (Lipinski definition) is 1. The first kappa shape index (κ1) is 13.6. The van der Waals surface area contributed by atoms with Crippen LogP contribution in [0.15, 0.2) is 33.7 Å². The Morgan fingerprint density at radius 3 is 2.70 bits per heavy atom. The van der Waals surface area contributed by atoms with Gasteiger partial charge in [0.05, 0.1) is 0 Å². The zero-order chi connectivity index (χ0) is 13.8.